The highest BCUT2D eigenvalue weighted by Gasteiger charge is 2.33. The van der Waals surface area contributed by atoms with Gasteiger partial charge in [-0.25, -0.2) is 9.78 Å². The van der Waals surface area contributed by atoms with Gasteiger partial charge in [-0.2, -0.15) is 0 Å². The molecule has 1 amide bonds. The number of hydrogen-bond donors (Lipinski definition) is 0. The van der Waals surface area contributed by atoms with Gasteiger partial charge < -0.3 is 14.5 Å². The number of carbonyl (C=O) groups is 1. The Hall–Kier alpha value is -1.78. The monoisotopic (exact) mass is 305 g/mol. The highest BCUT2D eigenvalue weighted by Crippen LogP contribution is 2.33. The first kappa shape index (κ1) is 16.6. The van der Waals surface area contributed by atoms with Gasteiger partial charge in [0.15, 0.2) is 0 Å². The van der Waals surface area contributed by atoms with Gasteiger partial charge in [0.2, 0.25) is 0 Å². The lowest BCUT2D eigenvalue weighted by atomic mass is 10.1. The van der Waals surface area contributed by atoms with Gasteiger partial charge >= 0.3 is 6.09 Å². The molecule has 1 aliphatic rings. The average molecular weight is 305 g/mol. The third-order valence-electron chi connectivity index (χ3n) is 3.90. The summed E-state index contributed by atoms with van der Waals surface area (Å²) in [5, 5.41) is 0. The molecule has 0 radical (unpaired) electrons. The second-order valence-electron chi connectivity index (χ2n) is 6.80. The van der Waals surface area contributed by atoms with E-state index in [-0.39, 0.29) is 12.1 Å². The summed E-state index contributed by atoms with van der Waals surface area (Å²) in [6.45, 7) is 9.44. The first-order chi connectivity index (χ1) is 10.3. The van der Waals surface area contributed by atoms with E-state index in [9.17, 15) is 4.79 Å². The molecule has 5 nitrogen and oxygen atoms in total. The van der Waals surface area contributed by atoms with Crippen LogP contribution in [0.25, 0.3) is 0 Å². The second kappa shape index (κ2) is 6.55. The minimum atomic E-state index is -0.462. The number of amides is 1. The van der Waals surface area contributed by atoms with Crippen LogP contribution in [0.3, 0.4) is 0 Å². The van der Waals surface area contributed by atoms with Gasteiger partial charge in [0.25, 0.3) is 0 Å². The number of anilines is 1. The summed E-state index contributed by atoms with van der Waals surface area (Å²) in [7, 11) is 2.02. The standard InChI is InChI=1S/C17H27N3O2/c1-6-19(5)15-10-9-13(12-18-15)14-8-7-11-20(14)16(21)22-17(2,3)4/h9-10,12,14H,6-8,11H2,1-5H3. The topological polar surface area (TPSA) is 45.7 Å². The highest BCUT2D eigenvalue weighted by atomic mass is 16.6. The Balaban J connectivity index is 2.12. The predicted molar refractivity (Wildman–Crippen MR) is 88.1 cm³/mol. The molecular weight excluding hydrogens is 278 g/mol. The molecular formula is C17H27N3O2. The third kappa shape index (κ3) is 3.90. The van der Waals surface area contributed by atoms with Gasteiger partial charge in [-0.15, -0.1) is 0 Å². The number of hydrogen-bond acceptors (Lipinski definition) is 4. The zero-order valence-electron chi connectivity index (χ0n) is 14.3. The average Bonchev–Trinajstić information content (AvgIpc) is 2.94. The summed E-state index contributed by atoms with van der Waals surface area (Å²) in [6.07, 6.45) is 3.61. The molecule has 0 bridgehead atoms. The zero-order chi connectivity index (χ0) is 16.3. The van der Waals surface area contributed by atoms with Crippen molar-refractivity contribution in [2.45, 2.75) is 52.2 Å². The number of nitrogens with zero attached hydrogens (tertiary/aromatic N) is 3. The maximum atomic E-state index is 12.3. The van der Waals surface area contributed by atoms with Crippen LogP contribution in [0.2, 0.25) is 0 Å². The van der Waals surface area contributed by atoms with Crippen LogP contribution < -0.4 is 4.90 Å². The summed E-state index contributed by atoms with van der Waals surface area (Å²) < 4.78 is 5.51. The molecule has 5 heteroatoms. The van der Waals surface area contributed by atoms with Crippen molar-refractivity contribution in [3.63, 3.8) is 0 Å². The first-order valence-corrected chi connectivity index (χ1v) is 7.98. The van der Waals surface area contributed by atoms with Crippen LogP contribution in [0.1, 0.15) is 52.1 Å². The van der Waals surface area contributed by atoms with Crippen LogP contribution in [0.4, 0.5) is 10.6 Å². The SMILES string of the molecule is CCN(C)c1ccc(C2CCCN2C(=O)OC(C)(C)C)cn1. The minimum Gasteiger partial charge on any atom is -0.444 e. The lowest BCUT2D eigenvalue weighted by molar-refractivity contribution is 0.0224. The summed E-state index contributed by atoms with van der Waals surface area (Å²) in [6, 6.07) is 4.16. The number of rotatable bonds is 3. The van der Waals surface area contributed by atoms with Crippen molar-refractivity contribution in [2.24, 2.45) is 0 Å². The molecule has 0 saturated carbocycles. The molecule has 1 unspecified atom stereocenters. The minimum absolute atomic E-state index is 0.0725. The Morgan fingerprint density at radius 1 is 1.45 bits per heavy atom. The van der Waals surface area contributed by atoms with Gasteiger partial charge in [-0.1, -0.05) is 6.07 Å². The maximum Gasteiger partial charge on any atom is 0.410 e. The Bertz CT molecular complexity index is 508. The molecule has 1 saturated heterocycles. The fourth-order valence-electron chi connectivity index (χ4n) is 2.63. The van der Waals surface area contributed by atoms with Gasteiger partial charge in [0, 0.05) is 26.3 Å². The molecule has 1 aromatic heterocycles. The smallest absolute Gasteiger partial charge is 0.410 e. The molecule has 22 heavy (non-hydrogen) atoms. The zero-order valence-corrected chi connectivity index (χ0v) is 14.3. The van der Waals surface area contributed by atoms with E-state index < -0.39 is 5.60 Å². The van der Waals surface area contributed by atoms with Crippen molar-refractivity contribution in [1.29, 1.82) is 0 Å². The van der Waals surface area contributed by atoms with Crippen LogP contribution in [-0.2, 0) is 4.74 Å². The fraction of sp³-hybridized carbons (Fsp3) is 0.647. The Kier molecular flexibility index (Phi) is 4.94. The van der Waals surface area contributed by atoms with E-state index in [1.807, 2.05) is 45.0 Å². The Labute approximate surface area is 133 Å². The van der Waals surface area contributed by atoms with Crippen molar-refractivity contribution in [3.8, 4) is 0 Å². The molecule has 0 aliphatic carbocycles. The lowest BCUT2D eigenvalue weighted by Crippen LogP contribution is -2.36. The van der Waals surface area contributed by atoms with Crippen molar-refractivity contribution in [2.75, 3.05) is 25.0 Å². The van der Waals surface area contributed by atoms with Crippen LogP contribution in [0.15, 0.2) is 18.3 Å². The number of carbonyl (C=O) groups excluding carboxylic acids is 1. The second-order valence-corrected chi connectivity index (χ2v) is 6.80. The van der Waals surface area contributed by atoms with Crippen LogP contribution in [0, 0.1) is 0 Å². The van der Waals surface area contributed by atoms with Crippen molar-refractivity contribution in [3.05, 3.63) is 23.9 Å². The van der Waals surface area contributed by atoms with Crippen molar-refractivity contribution in [1.82, 2.24) is 9.88 Å². The van der Waals surface area contributed by atoms with E-state index in [2.05, 4.69) is 22.9 Å². The van der Waals surface area contributed by atoms with E-state index in [0.717, 1.165) is 37.3 Å². The van der Waals surface area contributed by atoms with Crippen LogP contribution in [0.5, 0.6) is 0 Å². The number of ether oxygens (including phenoxy) is 1. The summed E-state index contributed by atoms with van der Waals surface area (Å²) in [5.41, 5.74) is 0.618. The van der Waals surface area contributed by atoms with Crippen LogP contribution in [-0.4, -0.2) is 41.7 Å². The summed E-state index contributed by atoms with van der Waals surface area (Å²) >= 11 is 0. The van der Waals surface area contributed by atoms with E-state index in [0.29, 0.717) is 0 Å². The van der Waals surface area contributed by atoms with E-state index in [4.69, 9.17) is 4.74 Å². The highest BCUT2D eigenvalue weighted by molar-refractivity contribution is 5.69. The molecule has 0 aromatic carbocycles. The van der Waals surface area contributed by atoms with E-state index in [1.54, 1.807) is 0 Å². The third-order valence-corrected chi connectivity index (χ3v) is 3.90. The molecule has 1 aromatic rings. The van der Waals surface area contributed by atoms with Gasteiger partial charge in [0.1, 0.15) is 11.4 Å². The Morgan fingerprint density at radius 3 is 2.73 bits per heavy atom. The molecule has 122 valence electrons. The summed E-state index contributed by atoms with van der Waals surface area (Å²) in [5.74, 6) is 0.952. The van der Waals surface area contributed by atoms with E-state index in [1.165, 1.54) is 0 Å². The fourth-order valence-corrected chi connectivity index (χ4v) is 2.63. The number of pyridine rings is 1. The molecule has 0 N–H and O–H groups in total. The largest absolute Gasteiger partial charge is 0.444 e. The van der Waals surface area contributed by atoms with Gasteiger partial charge in [0.05, 0.1) is 6.04 Å². The molecule has 2 rings (SSSR count). The molecule has 1 atom stereocenters. The molecule has 2 heterocycles. The normalized spacial score (nSPS) is 18.4. The summed E-state index contributed by atoms with van der Waals surface area (Å²) in [4.78, 5) is 20.8. The van der Waals surface area contributed by atoms with E-state index >= 15 is 0 Å². The molecule has 0 spiro atoms. The van der Waals surface area contributed by atoms with Crippen LogP contribution >= 0.6 is 0 Å². The number of likely N-dealkylation sites (tertiary alicyclic amines) is 1. The van der Waals surface area contributed by atoms with Gasteiger partial charge in [-0.05, 0) is 52.2 Å². The molecule has 1 fully saturated rings. The quantitative estimate of drug-likeness (QED) is 0.856. The maximum absolute atomic E-state index is 12.3. The Morgan fingerprint density at radius 2 is 2.18 bits per heavy atom. The molecule has 1 aliphatic heterocycles. The van der Waals surface area contributed by atoms with Crippen molar-refractivity contribution >= 4 is 11.9 Å². The predicted octanol–water partition coefficient (Wildman–Crippen LogP) is 3.61. The van der Waals surface area contributed by atoms with Gasteiger partial charge in [-0.3, -0.25) is 0 Å². The van der Waals surface area contributed by atoms with Crippen molar-refractivity contribution < 1.29 is 9.53 Å². The first-order valence-electron chi connectivity index (χ1n) is 7.98. The number of aromatic nitrogens is 1. The lowest BCUT2D eigenvalue weighted by Gasteiger charge is -2.29.